The molecule has 150 valence electrons. The highest BCUT2D eigenvalue weighted by molar-refractivity contribution is 14.0. The van der Waals surface area contributed by atoms with E-state index in [1.165, 1.54) is 17.7 Å². The van der Waals surface area contributed by atoms with Crippen LogP contribution < -0.4 is 5.32 Å². The van der Waals surface area contributed by atoms with E-state index in [-0.39, 0.29) is 36.4 Å². The number of carbonyl (C=O) groups is 1. The highest BCUT2D eigenvalue weighted by Crippen LogP contribution is 2.31. The number of likely N-dealkylation sites (N-methyl/N-ethyl adjacent to an activating group) is 1. The van der Waals surface area contributed by atoms with E-state index < -0.39 is 0 Å². The molecule has 1 saturated carbocycles. The normalized spacial score (nSPS) is 18.0. The van der Waals surface area contributed by atoms with Crippen LogP contribution in [0.25, 0.3) is 0 Å². The fourth-order valence-corrected chi connectivity index (χ4v) is 4.07. The molecule has 1 aliphatic carbocycles. The Bertz CT molecular complexity index is 644. The van der Waals surface area contributed by atoms with Crippen molar-refractivity contribution in [2.45, 2.75) is 41.9 Å². The Morgan fingerprint density at radius 2 is 1.85 bits per heavy atom. The number of halogens is 2. The lowest BCUT2D eigenvalue weighted by molar-refractivity contribution is -0.127. The van der Waals surface area contributed by atoms with Crippen molar-refractivity contribution >= 4 is 59.2 Å². The summed E-state index contributed by atoms with van der Waals surface area (Å²) in [6.07, 6.45) is 4.62. The minimum absolute atomic E-state index is 0. The molecule has 1 aromatic rings. The van der Waals surface area contributed by atoms with Crippen LogP contribution >= 0.6 is 47.3 Å². The minimum Gasteiger partial charge on any atom is -0.353 e. The average molecular weight is 523 g/mol. The van der Waals surface area contributed by atoms with E-state index in [1.807, 2.05) is 23.9 Å². The van der Waals surface area contributed by atoms with Crippen LogP contribution in [0, 0.1) is 0 Å². The summed E-state index contributed by atoms with van der Waals surface area (Å²) >= 11 is 7.89. The summed E-state index contributed by atoms with van der Waals surface area (Å²) in [6.45, 7) is 2.15. The number of nitrogens with one attached hydrogen (secondary N) is 1. The number of rotatable bonds is 5. The van der Waals surface area contributed by atoms with E-state index >= 15 is 0 Å². The number of carbonyl (C=O) groups excluding carboxylic acids is 1. The van der Waals surface area contributed by atoms with Crippen molar-refractivity contribution in [3.8, 4) is 0 Å². The first kappa shape index (κ1) is 22.6. The van der Waals surface area contributed by atoms with Gasteiger partial charge in [-0.05, 0) is 49.9 Å². The maximum Gasteiger partial charge on any atom is 0.243 e. The number of benzene rings is 1. The molecule has 1 aromatic carbocycles. The quantitative estimate of drug-likeness (QED) is 0.364. The molecule has 1 amide bonds. The molecule has 0 bridgehead atoms. The van der Waals surface area contributed by atoms with Gasteiger partial charge in [-0.1, -0.05) is 11.6 Å². The Labute approximate surface area is 188 Å². The lowest BCUT2D eigenvalue weighted by Crippen LogP contribution is -2.47. The molecular weight excluding hydrogens is 495 g/mol. The zero-order chi connectivity index (χ0) is 18.5. The molecule has 0 atom stereocenters. The molecular formula is C19H28ClIN4OS. The molecule has 1 aliphatic heterocycles. The van der Waals surface area contributed by atoms with Crippen molar-refractivity contribution in [3.63, 3.8) is 0 Å². The Balaban J connectivity index is 0.00000261. The van der Waals surface area contributed by atoms with Gasteiger partial charge in [0.15, 0.2) is 5.96 Å². The van der Waals surface area contributed by atoms with Crippen LogP contribution in [-0.4, -0.2) is 66.7 Å². The number of aliphatic imine (C=N–C) groups is 1. The lowest BCUT2D eigenvalue weighted by atomic mass is 10.1. The molecule has 2 aliphatic rings. The van der Waals surface area contributed by atoms with Crippen LogP contribution in [0.3, 0.4) is 0 Å². The smallest absolute Gasteiger partial charge is 0.243 e. The zero-order valence-corrected chi connectivity index (χ0v) is 19.8. The molecule has 2 fully saturated rings. The molecule has 0 aromatic heterocycles. The summed E-state index contributed by atoms with van der Waals surface area (Å²) in [6, 6.07) is 8.61. The number of likely N-dealkylation sites (tertiary alicyclic amines) is 1. The molecule has 3 rings (SSSR count). The summed E-state index contributed by atoms with van der Waals surface area (Å²) in [4.78, 5) is 21.6. The predicted molar refractivity (Wildman–Crippen MR) is 124 cm³/mol. The molecule has 8 heteroatoms. The molecule has 1 heterocycles. The fourth-order valence-electron chi connectivity index (χ4n) is 2.82. The van der Waals surface area contributed by atoms with E-state index in [0.29, 0.717) is 11.3 Å². The van der Waals surface area contributed by atoms with E-state index in [1.54, 1.807) is 19.0 Å². The summed E-state index contributed by atoms with van der Waals surface area (Å²) < 4.78 is 0. The third-order valence-electron chi connectivity index (χ3n) is 4.63. The highest BCUT2D eigenvalue weighted by atomic mass is 127. The van der Waals surface area contributed by atoms with Crippen LogP contribution in [0.1, 0.15) is 25.7 Å². The van der Waals surface area contributed by atoms with Crippen molar-refractivity contribution in [1.29, 1.82) is 0 Å². The first-order chi connectivity index (χ1) is 12.5. The molecule has 0 unspecified atom stereocenters. The number of thioether (sulfide) groups is 1. The van der Waals surface area contributed by atoms with Crippen molar-refractivity contribution in [1.82, 2.24) is 15.1 Å². The van der Waals surface area contributed by atoms with Gasteiger partial charge in [0.2, 0.25) is 5.91 Å². The second-order valence-electron chi connectivity index (χ2n) is 7.10. The minimum atomic E-state index is 0. The van der Waals surface area contributed by atoms with Gasteiger partial charge in [-0.15, -0.1) is 35.7 Å². The SMILES string of the molecule is CN(C)C(=O)CN=C(NC1CC1)N1CCC(Sc2ccc(Cl)cc2)CC1.I. The van der Waals surface area contributed by atoms with Crippen molar-refractivity contribution in [3.05, 3.63) is 29.3 Å². The Morgan fingerprint density at radius 1 is 1.22 bits per heavy atom. The van der Waals surface area contributed by atoms with Crippen molar-refractivity contribution in [2.75, 3.05) is 33.7 Å². The maximum absolute atomic E-state index is 11.9. The second-order valence-corrected chi connectivity index (χ2v) is 8.91. The average Bonchev–Trinajstić information content (AvgIpc) is 3.45. The summed E-state index contributed by atoms with van der Waals surface area (Å²) in [5.74, 6) is 0.936. The fraction of sp³-hybridized carbons (Fsp3) is 0.579. The van der Waals surface area contributed by atoms with Crippen LogP contribution in [-0.2, 0) is 4.79 Å². The van der Waals surface area contributed by atoms with Gasteiger partial charge in [0, 0.05) is 48.4 Å². The van der Waals surface area contributed by atoms with Gasteiger partial charge >= 0.3 is 0 Å². The van der Waals surface area contributed by atoms with Gasteiger partial charge < -0.3 is 15.1 Å². The molecule has 5 nitrogen and oxygen atoms in total. The van der Waals surface area contributed by atoms with E-state index in [9.17, 15) is 4.79 Å². The molecule has 0 radical (unpaired) electrons. The molecule has 1 N–H and O–H groups in total. The number of piperidine rings is 1. The highest BCUT2D eigenvalue weighted by Gasteiger charge is 2.27. The topological polar surface area (TPSA) is 47.9 Å². The third kappa shape index (κ3) is 7.34. The Hall–Kier alpha value is -0.670. The van der Waals surface area contributed by atoms with Gasteiger partial charge in [0.05, 0.1) is 0 Å². The maximum atomic E-state index is 11.9. The van der Waals surface area contributed by atoms with Gasteiger partial charge in [-0.2, -0.15) is 0 Å². The van der Waals surface area contributed by atoms with Crippen LogP contribution in [0.5, 0.6) is 0 Å². The Kier molecular flexibility index (Phi) is 9.01. The number of hydrogen-bond donors (Lipinski definition) is 1. The van der Waals surface area contributed by atoms with E-state index in [4.69, 9.17) is 11.6 Å². The lowest BCUT2D eigenvalue weighted by Gasteiger charge is -2.34. The predicted octanol–water partition coefficient (Wildman–Crippen LogP) is 3.71. The monoisotopic (exact) mass is 522 g/mol. The number of amides is 1. The van der Waals surface area contributed by atoms with Crippen LogP contribution in [0.2, 0.25) is 5.02 Å². The second kappa shape index (κ2) is 10.8. The summed E-state index contributed by atoms with van der Waals surface area (Å²) in [5, 5.41) is 4.90. The Morgan fingerprint density at radius 3 is 2.41 bits per heavy atom. The first-order valence-corrected chi connectivity index (χ1v) is 10.5. The van der Waals surface area contributed by atoms with Gasteiger partial charge in [-0.25, -0.2) is 4.99 Å². The molecule has 27 heavy (non-hydrogen) atoms. The zero-order valence-electron chi connectivity index (χ0n) is 15.9. The number of nitrogens with zero attached hydrogens (tertiary/aromatic N) is 3. The third-order valence-corrected chi connectivity index (χ3v) is 6.23. The number of hydrogen-bond acceptors (Lipinski definition) is 3. The standard InChI is InChI=1S/C19H27ClN4OS.HI/c1-23(2)18(25)13-21-19(22-15-5-6-15)24-11-9-17(10-12-24)26-16-7-3-14(20)4-8-16;/h3-4,7-8,15,17H,5-6,9-13H2,1-2H3,(H,21,22);1H. The van der Waals surface area contributed by atoms with Gasteiger partial charge in [-0.3, -0.25) is 4.79 Å². The van der Waals surface area contributed by atoms with Crippen LogP contribution in [0.15, 0.2) is 34.2 Å². The molecule has 0 spiro atoms. The van der Waals surface area contributed by atoms with Gasteiger partial charge in [0.1, 0.15) is 6.54 Å². The first-order valence-electron chi connectivity index (χ1n) is 9.19. The van der Waals surface area contributed by atoms with Crippen molar-refractivity contribution < 1.29 is 4.79 Å². The van der Waals surface area contributed by atoms with Gasteiger partial charge in [0.25, 0.3) is 0 Å². The van der Waals surface area contributed by atoms with Crippen LogP contribution in [0.4, 0.5) is 0 Å². The van der Waals surface area contributed by atoms with E-state index in [2.05, 4.69) is 27.3 Å². The molecule has 1 saturated heterocycles. The van der Waals surface area contributed by atoms with E-state index in [0.717, 1.165) is 36.9 Å². The summed E-state index contributed by atoms with van der Waals surface area (Å²) in [5.41, 5.74) is 0. The van der Waals surface area contributed by atoms with Crippen molar-refractivity contribution in [2.24, 2.45) is 4.99 Å². The summed E-state index contributed by atoms with van der Waals surface area (Å²) in [7, 11) is 3.54. The number of guanidine groups is 1. The largest absolute Gasteiger partial charge is 0.353 e.